The lowest BCUT2D eigenvalue weighted by Gasteiger charge is -2.44. The van der Waals surface area contributed by atoms with Crippen molar-refractivity contribution in [3.05, 3.63) is 0 Å². The molecule has 2 atom stereocenters. The van der Waals surface area contributed by atoms with Crippen LogP contribution < -0.4 is 0 Å². The predicted octanol–water partition coefficient (Wildman–Crippen LogP) is 2.90. The van der Waals surface area contributed by atoms with Gasteiger partial charge in [-0.15, -0.1) is 0 Å². The maximum Gasteiger partial charge on any atom is 0.0686 e. The monoisotopic (exact) mass is 256 g/mol. The smallest absolute Gasteiger partial charge is 0.0686 e. The van der Waals surface area contributed by atoms with Crippen LogP contribution in [0.2, 0.25) is 0 Å². The minimum absolute atomic E-state index is 0.105. The van der Waals surface area contributed by atoms with Crippen LogP contribution in [0.1, 0.15) is 58.3 Å². The standard InChI is InChI=1S/C15H28O3/c1-2-17-10-7-14(16)13-6-11-18-15(12-13)8-4-3-5-9-15/h13-14,16H,2-12H2,1H3. The highest BCUT2D eigenvalue weighted by atomic mass is 16.5. The molecule has 1 N–H and O–H groups in total. The minimum Gasteiger partial charge on any atom is -0.393 e. The lowest BCUT2D eigenvalue weighted by molar-refractivity contribution is -0.135. The van der Waals surface area contributed by atoms with E-state index in [4.69, 9.17) is 9.47 Å². The van der Waals surface area contributed by atoms with Crippen molar-refractivity contribution in [2.45, 2.75) is 70.0 Å². The Morgan fingerprint density at radius 3 is 2.83 bits per heavy atom. The summed E-state index contributed by atoms with van der Waals surface area (Å²) < 4.78 is 11.4. The fraction of sp³-hybridized carbons (Fsp3) is 1.00. The third-order valence-corrected chi connectivity index (χ3v) is 4.60. The van der Waals surface area contributed by atoms with E-state index in [0.717, 1.165) is 32.5 Å². The van der Waals surface area contributed by atoms with Gasteiger partial charge in [-0.05, 0) is 44.9 Å². The molecule has 3 heteroatoms. The van der Waals surface area contributed by atoms with Gasteiger partial charge in [0.1, 0.15) is 0 Å². The van der Waals surface area contributed by atoms with Crippen LogP contribution in [0.5, 0.6) is 0 Å². The van der Waals surface area contributed by atoms with Crippen LogP contribution in [0.25, 0.3) is 0 Å². The molecule has 1 aliphatic heterocycles. The van der Waals surface area contributed by atoms with Crippen molar-refractivity contribution in [3.63, 3.8) is 0 Å². The molecule has 1 saturated carbocycles. The molecule has 2 rings (SSSR count). The molecule has 1 saturated heterocycles. The molecule has 0 aromatic carbocycles. The molecule has 1 aliphatic carbocycles. The van der Waals surface area contributed by atoms with Crippen molar-refractivity contribution in [3.8, 4) is 0 Å². The second kappa shape index (κ2) is 6.88. The number of rotatable bonds is 5. The van der Waals surface area contributed by atoms with Crippen LogP contribution in [0.4, 0.5) is 0 Å². The van der Waals surface area contributed by atoms with Gasteiger partial charge in [-0.1, -0.05) is 19.3 Å². The molecule has 1 spiro atoms. The highest BCUT2D eigenvalue weighted by Crippen LogP contribution is 2.41. The van der Waals surface area contributed by atoms with Gasteiger partial charge in [0.15, 0.2) is 0 Å². The average Bonchev–Trinajstić information content (AvgIpc) is 2.40. The summed E-state index contributed by atoms with van der Waals surface area (Å²) in [5, 5.41) is 10.3. The van der Waals surface area contributed by atoms with E-state index in [1.165, 1.54) is 32.1 Å². The number of hydrogen-bond donors (Lipinski definition) is 1. The van der Waals surface area contributed by atoms with E-state index in [1.807, 2.05) is 6.92 Å². The Labute approximate surface area is 111 Å². The molecular formula is C15H28O3. The second-order valence-corrected chi connectivity index (χ2v) is 5.90. The van der Waals surface area contributed by atoms with E-state index in [0.29, 0.717) is 12.5 Å². The van der Waals surface area contributed by atoms with E-state index in [-0.39, 0.29) is 11.7 Å². The van der Waals surface area contributed by atoms with Gasteiger partial charge in [0, 0.05) is 19.8 Å². The van der Waals surface area contributed by atoms with Gasteiger partial charge in [-0.2, -0.15) is 0 Å². The average molecular weight is 256 g/mol. The molecule has 2 fully saturated rings. The number of ether oxygens (including phenoxy) is 2. The third kappa shape index (κ3) is 3.69. The van der Waals surface area contributed by atoms with Gasteiger partial charge in [0.2, 0.25) is 0 Å². The van der Waals surface area contributed by atoms with Crippen LogP contribution >= 0.6 is 0 Å². The number of aliphatic hydroxyl groups is 1. The Balaban J connectivity index is 1.81. The molecule has 2 unspecified atom stereocenters. The van der Waals surface area contributed by atoms with Crippen LogP contribution in [-0.4, -0.2) is 36.6 Å². The summed E-state index contributed by atoms with van der Waals surface area (Å²) in [5.74, 6) is 0.414. The predicted molar refractivity (Wildman–Crippen MR) is 71.6 cm³/mol. The van der Waals surface area contributed by atoms with Crippen LogP contribution in [0.15, 0.2) is 0 Å². The molecular weight excluding hydrogens is 228 g/mol. The summed E-state index contributed by atoms with van der Waals surface area (Å²) >= 11 is 0. The largest absolute Gasteiger partial charge is 0.393 e. The molecule has 0 aromatic rings. The summed E-state index contributed by atoms with van der Waals surface area (Å²) in [6.07, 6.45) is 8.96. The molecule has 0 bridgehead atoms. The number of aliphatic hydroxyl groups excluding tert-OH is 1. The third-order valence-electron chi connectivity index (χ3n) is 4.60. The topological polar surface area (TPSA) is 38.7 Å². The summed E-state index contributed by atoms with van der Waals surface area (Å²) in [5.41, 5.74) is 0.105. The summed E-state index contributed by atoms with van der Waals surface area (Å²) in [6.45, 7) is 4.25. The van der Waals surface area contributed by atoms with E-state index in [2.05, 4.69) is 0 Å². The fourth-order valence-corrected chi connectivity index (χ4v) is 3.52. The normalized spacial score (nSPS) is 29.3. The Morgan fingerprint density at radius 1 is 1.33 bits per heavy atom. The first-order valence-electron chi connectivity index (χ1n) is 7.65. The molecule has 18 heavy (non-hydrogen) atoms. The van der Waals surface area contributed by atoms with Gasteiger partial charge in [-0.25, -0.2) is 0 Å². The highest BCUT2D eigenvalue weighted by Gasteiger charge is 2.40. The van der Waals surface area contributed by atoms with Crippen molar-refractivity contribution >= 4 is 0 Å². The van der Waals surface area contributed by atoms with E-state index >= 15 is 0 Å². The first kappa shape index (κ1) is 14.3. The van der Waals surface area contributed by atoms with Gasteiger partial charge >= 0.3 is 0 Å². The Hall–Kier alpha value is -0.120. The summed E-state index contributed by atoms with van der Waals surface area (Å²) in [6, 6.07) is 0. The van der Waals surface area contributed by atoms with Crippen molar-refractivity contribution in [1.82, 2.24) is 0 Å². The summed E-state index contributed by atoms with van der Waals surface area (Å²) in [4.78, 5) is 0. The molecule has 2 aliphatic rings. The van der Waals surface area contributed by atoms with E-state index in [1.54, 1.807) is 0 Å². The molecule has 0 amide bonds. The molecule has 3 nitrogen and oxygen atoms in total. The lowest BCUT2D eigenvalue weighted by atomic mass is 9.74. The van der Waals surface area contributed by atoms with Gasteiger partial charge in [0.25, 0.3) is 0 Å². The minimum atomic E-state index is -0.209. The second-order valence-electron chi connectivity index (χ2n) is 5.90. The number of hydrogen-bond acceptors (Lipinski definition) is 3. The Bertz CT molecular complexity index is 230. The highest BCUT2D eigenvalue weighted by molar-refractivity contribution is 4.91. The van der Waals surface area contributed by atoms with Gasteiger partial charge < -0.3 is 14.6 Å². The van der Waals surface area contributed by atoms with Crippen molar-refractivity contribution in [2.24, 2.45) is 5.92 Å². The molecule has 106 valence electrons. The molecule has 1 heterocycles. The first-order valence-corrected chi connectivity index (χ1v) is 7.65. The zero-order valence-electron chi connectivity index (χ0n) is 11.7. The summed E-state index contributed by atoms with van der Waals surface area (Å²) in [7, 11) is 0. The first-order chi connectivity index (χ1) is 8.76. The SMILES string of the molecule is CCOCCC(O)C1CCOC2(CCCCC2)C1. The quantitative estimate of drug-likeness (QED) is 0.769. The van der Waals surface area contributed by atoms with Crippen molar-refractivity contribution in [2.75, 3.05) is 19.8 Å². The van der Waals surface area contributed by atoms with E-state index in [9.17, 15) is 5.11 Å². The fourth-order valence-electron chi connectivity index (χ4n) is 3.52. The Kier molecular flexibility index (Phi) is 5.46. The lowest BCUT2D eigenvalue weighted by Crippen LogP contribution is -2.44. The zero-order chi connectivity index (χ0) is 12.8. The maximum atomic E-state index is 10.3. The molecule has 0 aromatic heterocycles. The Morgan fingerprint density at radius 2 is 2.11 bits per heavy atom. The molecule has 0 radical (unpaired) electrons. The van der Waals surface area contributed by atoms with Gasteiger partial charge in [-0.3, -0.25) is 0 Å². The van der Waals surface area contributed by atoms with Crippen LogP contribution in [-0.2, 0) is 9.47 Å². The maximum absolute atomic E-state index is 10.3. The zero-order valence-corrected chi connectivity index (χ0v) is 11.7. The van der Waals surface area contributed by atoms with Crippen molar-refractivity contribution in [1.29, 1.82) is 0 Å². The van der Waals surface area contributed by atoms with E-state index < -0.39 is 0 Å². The van der Waals surface area contributed by atoms with Gasteiger partial charge in [0.05, 0.1) is 11.7 Å². The van der Waals surface area contributed by atoms with Crippen molar-refractivity contribution < 1.29 is 14.6 Å². The van der Waals surface area contributed by atoms with Crippen LogP contribution in [0, 0.1) is 5.92 Å². The van der Waals surface area contributed by atoms with Crippen LogP contribution in [0.3, 0.4) is 0 Å².